The number of rotatable bonds is 7. The van der Waals surface area contributed by atoms with Crippen molar-refractivity contribution in [3.8, 4) is 5.75 Å². The standard InChI is InChI=1S/C16H16FNO4S/c1-2-12(22-13-6-4-3-5-11(13)17)15(19)18-9-10-7-8-14(23-10)16(20)21/h3-8,12H,2,9H2,1H3,(H,18,19)(H,20,21). The molecule has 0 aliphatic heterocycles. The van der Waals surface area contributed by atoms with E-state index < -0.39 is 17.9 Å². The largest absolute Gasteiger partial charge is 0.478 e. The Labute approximate surface area is 136 Å². The Bertz CT molecular complexity index is 701. The Hall–Kier alpha value is -2.41. The van der Waals surface area contributed by atoms with Gasteiger partial charge in [-0.2, -0.15) is 0 Å². The highest BCUT2D eigenvalue weighted by Gasteiger charge is 2.19. The first-order valence-electron chi connectivity index (χ1n) is 7.02. The molecule has 0 aliphatic rings. The van der Waals surface area contributed by atoms with E-state index in [1.54, 1.807) is 25.1 Å². The summed E-state index contributed by atoms with van der Waals surface area (Å²) in [5, 5.41) is 11.5. The van der Waals surface area contributed by atoms with Crippen LogP contribution in [0, 0.1) is 5.82 Å². The number of aromatic carboxylic acids is 1. The average molecular weight is 337 g/mol. The van der Waals surface area contributed by atoms with Crippen LogP contribution < -0.4 is 10.1 Å². The molecular weight excluding hydrogens is 321 g/mol. The van der Waals surface area contributed by atoms with Gasteiger partial charge in [0.15, 0.2) is 17.7 Å². The fraction of sp³-hybridized carbons (Fsp3) is 0.250. The molecule has 0 saturated carbocycles. The molecule has 23 heavy (non-hydrogen) atoms. The van der Waals surface area contributed by atoms with Gasteiger partial charge in [0, 0.05) is 4.88 Å². The fourth-order valence-corrected chi connectivity index (χ4v) is 2.68. The monoisotopic (exact) mass is 337 g/mol. The van der Waals surface area contributed by atoms with Gasteiger partial charge in [-0.1, -0.05) is 19.1 Å². The molecule has 2 rings (SSSR count). The number of hydrogen-bond donors (Lipinski definition) is 2. The van der Waals surface area contributed by atoms with Gasteiger partial charge in [0.2, 0.25) is 0 Å². The van der Waals surface area contributed by atoms with Crippen molar-refractivity contribution in [3.63, 3.8) is 0 Å². The number of thiophene rings is 1. The summed E-state index contributed by atoms with van der Waals surface area (Å²) in [7, 11) is 0. The highest BCUT2D eigenvalue weighted by atomic mass is 32.1. The molecule has 0 saturated heterocycles. The quantitative estimate of drug-likeness (QED) is 0.814. The number of amides is 1. The van der Waals surface area contributed by atoms with Crippen molar-refractivity contribution in [2.75, 3.05) is 0 Å². The summed E-state index contributed by atoms with van der Waals surface area (Å²) in [5.41, 5.74) is 0. The second kappa shape index (κ2) is 7.73. The molecule has 1 aromatic heterocycles. The maximum absolute atomic E-state index is 13.6. The number of para-hydroxylation sites is 1. The van der Waals surface area contributed by atoms with E-state index in [4.69, 9.17) is 9.84 Å². The summed E-state index contributed by atoms with van der Waals surface area (Å²) in [5.74, 6) is -1.87. The molecule has 2 N–H and O–H groups in total. The molecule has 0 bridgehead atoms. The Kier molecular flexibility index (Phi) is 5.70. The second-order valence-electron chi connectivity index (χ2n) is 4.73. The Balaban J connectivity index is 1.94. The fourth-order valence-electron chi connectivity index (χ4n) is 1.89. The maximum Gasteiger partial charge on any atom is 0.345 e. The molecule has 1 unspecified atom stereocenters. The van der Waals surface area contributed by atoms with Crippen molar-refractivity contribution in [1.29, 1.82) is 0 Å². The predicted octanol–water partition coefficient (Wildman–Crippen LogP) is 3.06. The van der Waals surface area contributed by atoms with Gasteiger partial charge < -0.3 is 15.2 Å². The van der Waals surface area contributed by atoms with Crippen LogP contribution in [0.5, 0.6) is 5.75 Å². The summed E-state index contributed by atoms with van der Waals surface area (Å²) < 4.78 is 19.0. The summed E-state index contributed by atoms with van der Waals surface area (Å²) in [6, 6.07) is 9.03. The number of carbonyl (C=O) groups excluding carboxylic acids is 1. The zero-order chi connectivity index (χ0) is 16.8. The second-order valence-corrected chi connectivity index (χ2v) is 5.90. The highest BCUT2D eigenvalue weighted by Crippen LogP contribution is 2.19. The highest BCUT2D eigenvalue weighted by molar-refractivity contribution is 7.13. The van der Waals surface area contributed by atoms with Crippen molar-refractivity contribution in [3.05, 3.63) is 52.0 Å². The van der Waals surface area contributed by atoms with Gasteiger partial charge in [-0.05, 0) is 30.7 Å². The Morgan fingerprint density at radius 1 is 1.30 bits per heavy atom. The molecule has 7 heteroatoms. The minimum Gasteiger partial charge on any atom is -0.478 e. The van der Waals surface area contributed by atoms with E-state index in [-0.39, 0.29) is 23.1 Å². The molecule has 1 amide bonds. The zero-order valence-corrected chi connectivity index (χ0v) is 13.2. The summed E-state index contributed by atoms with van der Waals surface area (Å²) in [4.78, 5) is 23.9. The van der Waals surface area contributed by atoms with Gasteiger partial charge in [0.25, 0.3) is 5.91 Å². The Morgan fingerprint density at radius 3 is 2.65 bits per heavy atom. The van der Waals surface area contributed by atoms with Crippen molar-refractivity contribution >= 4 is 23.2 Å². The molecule has 0 fully saturated rings. The molecule has 2 aromatic rings. The minimum absolute atomic E-state index is 0.0267. The van der Waals surface area contributed by atoms with Gasteiger partial charge in [-0.15, -0.1) is 11.3 Å². The van der Waals surface area contributed by atoms with E-state index in [9.17, 15) is 14.0 Å². The van der Waals surface area contributed by atoms with Crippen molar-refractivity contribution in [2.24, 2.45) is 0 Å². The lowest BCUT2D eigenvalue weighted by molar-refractivity contribution is -0.128. The van der Waals surface area contributed by atoms with Crippen molar-refractivity contribution in [1.82, 2.24) is 5.32 Å². The molecular formula is C16H16FNO4S. The van der Waals surface area contributed by atoms with Crippen molar-refractivity contribution in [2.45, 2.75) is 26.0 Å². The van der Waals surface area contributed by atoms with E-state index in [0.29, 0.717) is 6.42 Å². The van der Waals surface area contributed by atoms with E-state index in [2.05, 4.69) is 5.32 Å². The van der Waals surface area contributed by atoms with Crippen LogP contribution in [0.1, 0.15) is 27.9 Å². The number of carbonyl (C=O) groups is 2. The zero-order valence-electron chi connectivity index (χ0n) is 12.4. The third kappa shape index (κ3) is 4.53. The number of hydrogen-bond acceptors (Lipinski definition) is 4. The minimum atomic E-state index is -0.998. The normalized spacial score (nSPS) is 11.7. The Morgan fingerprint density at radius 2 is 2.04 bits per heavy atom. The van der Waals surface area contributed by atoms with Crippen LogP contribution in [0.15, 0.2) is 36.4 Å². The van der Waals surface area contributed by atoms with Crippen LogP contribution in [0.2, 0.25) is 0 Å². The van der Waals surface area contributed by atoms with Gasteiger partial charge in [0.05, 0.1) is 6.54 Å². The molecule has 1 heterocycles. The van der Waals surface area contributed by atoms with Crippen LogP contribution in [0.4, 0.5) is 4.39 Å². The van der Waals surface area contributed by atoms with Crippen molar-refractivity contribution < 1.29 is 23.8 Å². The van der Waals surface area contributed by atoms with Gasteiger partial charge >= 0.3 is 5.97 Å². The lowest BCUT2D eigenvalue weighted by atomic mass is 10.2. The average Bonchev–Trinajstić information content (AvgIpc) is 3.01. The third-order valence-electron chi connectivity index (χ3n) is 3.08. The van der Waals surface area contributed by atoms with E-state index in [0.717, 1.165) is 16.2 Å². The molecule has 0 radical (unpaired) electrons. The number of benzene rings is 1. The molecule has 5 nitrogen and oxygen atoms in total. The van der Waals surface area contributed by atoms with E-state index in [1.165, 1.54) is 18.2 Å². The van der Waals surface area contributed by atoms with Gasteiger partial charge in [-0.25, -0.2) is 9.18 Å². The van der Waals surface area contributed by atoms with Gasteiger partial charge in [0.1, 0.15) is 4.88 Å². The number of halogens is 1. The molecule has 122 valence electrons. The van der Waals surface area contributed by atoms with Crippen LogP contribution in [-0.2, 0) is 11.3 Å². The molecule has 1 aromatic carbocycles. The number of nitrogens with one attached hydrogen (secondary N) is 1. The van der Waals surface area contributed by atoms with Gasteiger partial charge in [-0.3, -0.25) is 4.79 Å². The maximum atomic E-state index is 13.6. The summed E-state index contributed by atoms with van der Waals surface area (Å²) >= 11 is 1.09. The molecule has 0 aliphatic carbocycles. The topological polar surface area (TPSA) is 75.6 Å². The summed E-state index contributed by atoms with van der Waals surface area (Å²) in [6.07, 6.45) is -0.434. The lowest BCUT2D eigenvalue weighted by Crippen LogP contribution is -2.37. The predicted molar refractivity (Wildman–Crippen MR) is 84.2 cm³/mol. The number of ether oxygens (including phenoxy) is 1. The first kappa shape index (κ1) is 17.0. The smallest absolute Gasteiger partial charge is 0.345 e. The molecule has 0 spiro atoms. The first-order valence-corrected chi connectivity index (χ1v) is 7.83. The number of carboxylic acids is 1. The van der Waals surface area contributed by atoms with Crippen LogP contribution in [-0.4, -0.2) is 23.1 Å². The SMILES string of the molecule is CCC(Oc1ccccc1F)C(=O)NCc1ccc(C(=O)O)s1. The lowest BCUT2D eigenvalue weighted by Gasteiger charge is -2.17. The van der Waals surface area contributed by atoms with Crippen LogP contribution >= 0.6 is 11.3 Å². The summed E-state index contributed by atoms with van der Waals surface area (Å²) in [6.45, 7) is 1.96. The van der Waals surface area contributed by atoms with E-state index in [1.807, 2.05) is 0 Å². The van der Waals surface area contributed by atoms with Crippen LogP contribution in [0.3, 0.4) is 0 Å². The van der Waals surface area contributed by atoms with Crippen LogP contribution in [0.25, 0.3) is 0 Å². The number of carboxylic acid groups (broad SMARTS) is 1. The third-order valence-corrected chi connectivity index (χ3v) is 4.15. The molecule has 1 atom stereocenters. The first-order chi connectivity index (χ1) is 11.0. The van der Waals surface area contributed by atoms with E-state index >= 15 is 0 Å².